The Morgan fingerprint density at radius 2 is 1.55 bits per heavy atom. The standard InChI is InChI=1S/C13H13N5O4/c19-17(20)11-5-2-1-4-10(11)14-8-9-16-13-12(18(21)22)6-3-7-15-13/h1-7,14H,8-9H2,(H,15,16)/p+1. The Balaban J connectivity index is 1.93. The number of H-pyrrole nitrogens is 1. The Hall–Kier alpha value is -3.23. The highest BCUT2D eigenvalue weighted by Crippen LogP contribution is 2.22. The van der Waals surface area contributed by atoms with E-state index in [4.69, 9.17) is 0 Å². The number of para-hydroxylation sites is 2. The molecule has 0 spiro atoms. The first-order valence-electron chi connectivity index (χ1n) is 6.46. The minimum Gasteiger partial charge on any atom is -0.376 e. The Kier molecular flexibility index (Phi) is 4.81. The van der Waals surface area contributed by atoms with E-state index in [1.165, 1.54) is 18.2 Å². The van der Waals surface area contributed by atoms with Crippen LogP contribution in [-0.4, -0.2) is 22.9 Å². The summed E-state index contributed by atoms with van der Waals surface area (Å²) in [6.45, 7) is 0.720. The molecule has 9 heteroatoms. The third kappa shape index (κ3) is 3.66. The maximum absolute atomic E-state index is 10.9. The predicted molar refractivity (Wildman–Crippen MR) is 79.7 cm³/mol. The molecule has 114 valence electrons. The number of aromatic amines is 1. The summed E-state index contributed by atoms with van der Waals surface area (Å²) in [6, 6.07) is 9.21. The molecule has 0 amide bonds. The van der Waals surface area contributed by atoms with Gasteiger partial charge >= 0.3 is 11.5 Å². The highest BCUT2D eigenvalue weighted by molar-refractivity contribution is 5.61. The van der Waals surface area contributed by atoms with E-state index in [-0.39, 0.29) is 17.2 Å². The summed E-state index contributed by atoms with van der Waals surface area (Å²) in [5.41, 5.74) is 0.328. The van der Waals surface area contributed by atoms with Gasteiger partial charge in [-0.1, -0.05) is 12.1 Å². The van der Waals surface area contributed by atoms with Gasteiger partial charge in [0.25, 0.3) is 5.69 Å². The van der Waals surface area contributed by atoms with E-state index in [2.05, 4.69) is 15.6 Å². The van der Waals surface area contributed by atoms with Crippen molar-refractivity contribution in [3.05, 3.63) is 62.8 Å². The molecule has 1 heterocycles. The summed E-state index contributed by atoms with van der Waals surface area (Å²) in [7, 11) is 0. The molecule has 22 heavy (non-hydrogen) atoms. The zero-order chi connectivity index (χ0) is 15.9. The van der Waals surface area contributed by atoms with Crippen LogP contribution in [0.15, 0.2) is 42.6 Å². The van der Waals surface area contributed by atoms with Gasteiger partial charge in [0.15, 0.2) is 0 Å². The summed E-state index contributed by atoms with van der Waals surface area (Å²) in [5, 5.41) is 27.5. The summed E-state index contributed by atoms with van der Waals surface area (Å²) in [4.78, 5) is 23.5. The molecule has 9 nitrogen and oxygen atoms in total. The lowest BCUT2D eigenvalue weighted by atomic mass is 10.2. The molecular formula is C13H14N5O4+. The van der Waals surface area contributed by atoms with E-state index in [0.29, 0.717) is 18.8 Å². The third-order valence-corrected chi connectivity index (χ3v) is 2.87. The number of nitrogens with one attached hydrogen (secondary N) is 3. The van der Waals surface area contributed by atoms with Gasteiger partial charge in [-0.2, -0.15) is 0 Å². The first kappa shape index (κ1) is 15.2. The summed E-state index contributed by atoms with van der Waals surface area (Å²) < 4.78 is 0. The maximum atomic E-state index is 10.9. The molecule has 1 aromatic heterocycles. The van der Waals surface area contributed by atoms with Crippen LogP contribution in [-0.2, 0) is 0 Å². The van der Waals surface area contributed by atoms with E-state index in [1.807, 2.05) is 0 Å². The molecule has 0 saturated heterocycles. The maximum Gasteiger partial charge on any atom is 0.357 e. The smallest absolute Gasteiger partial charge is 0.357 e. The van der Waals surface area contributed by atoms with E-state index in [9.17, 15) is 20.2 Å². The van der Waals surface area contributed by atoms with E-state index in [1.54, 1.807) is 24.4 Å². The van der Waals surface area contributed by atoms with Crippen molar-refractivity contribution in [3.63, 3.8) is 0 Å². The van der Waals surface area contributed by atoms with E-state index < -0.39 is 9.85 Å². The van der Waals surface area contributed by atoms with Gasteiger partial charge in [0.1, 0.15) is 12.2 Å². The van der Waals surface area contributed by atoms with Gasteiger partial charge in [0, 0.05) is 12.1 Å². The zero-order valence-corrected chi connectivity index (χ0v) is 11.5. The first-order chi connectivity index (χ1) is 10.6. The first-order valence-corrected chi connectivity index (χ1v) is 6.46. The fourth-order valence-electron chi connectivity index (χ4n) is 1.89. The minimum absolute atomic E-state index is 0.0141. The molecule has 0 aliphatic rings. The van der Waals surface area contributed by atoms with Crippen molar-refractivity contribution in [1.82, 2.24) is 0 Å². The van der Waals surface area contributed by atoms with Crippen LogP contribution in [0.25, 0.3) is 0 Å². The van der Waals surface area contributed by atoms with Crippen molar-refractivity contribution in [1.29, 1.82) is 0 Å². The number of nitrogens with zero attached hydrogens (tertiary/aromatic N) is 2. The van der Waals surface area contributed by atoms with Crippen LogP contribution in [0.5, 0.6) is 0 Å². The molecule has 0 bridgehead atoms. The molecular weight excluding hydrogens is 290 g/mol. The number of hydrogen-bond donors (Lipinski definition) is 2. The number of pyridine rings is 1. The highest BCUT2D eigenvalue weighted by atomic mass is 16.6. The SMILES string of the molecule is O=[N+]([O-])c1ccccc1NCCNc1[nH+]cccc1[N+](=O)[O-]. The second kappa shape index (κ2) is 6.97. The van der Waals surface area contributed by atoms with Crippen LogP contribution < -0.4 is 15.6 Å². The molecule has 2 rings (SSSR count). The third-order valence-electron chi connectivity index (χ3n) is 2.87. The molecule has 3 N–H and O–H groups in total. The van der Waals surface area contributed by atoms with Crippen LogP contribution in [0.4, 0.5) is 22.9 Å². The topological polar surface area (TPSA) is 124 Å². The number of nitro groups is 2. The summed E-state index contributed by atoms with van der Waals surface area (Å²) in [6.07, 6.45) is 1.57. The van der Waals surface area contributed by atoms with Crippen LogP contribution >= 0.6 is 0 Å². The fraction of sp³-hybridized carbons (Fsp3) is 0.154. The van der Waals surface area contributed by atoms with E-state index in [0.717, 1.165) is 0 Å². The fourth-order valence-corrected chi connectivity index (χ4v) is 1.89. The van der Waals surface area contributed by atoms with Gasteiger partial charge in [0.05, 0.1) is 22.6 Å². The minimum atomic E-state index is -0.492. The van der Waals surface area contributed by atoms with Crippen molar-refractivity contribution in [3.8, 4) is 0 Å². The Bertz CT molecular complexity index is 632. The second-order valence-corrected chi connectivity index (χ2v) is 4.32. The Labute approximate surface area is 125 Å². The van der Waals surface area contributed by atoms with Crippen molar-refractivity contribution >= 4 is 22.9 Å². The van der Waals surface area contributed by atoms with Gasteiger partial charge in [-0.3, -0.25) is 25.5 Å². The van der Waals surface area contributed by atoms with Gasteiger partial charge in [-0.05, 0) is 12.1 Å². The van der Waals surface area contributed by atoms with Crippen molar-refractivity contribution in [2.45, 2.75) is 0 Å². The van der Waals surface area contributed by atoms with Gasteiger partial charge < -0.3 is 5.32 Å². The average Bonchev–Trinajstić information content (AvgIpc) is 2.52. The molecule has 0 fully saturated rings. The molecule has 0 atom stereocenters. The number of nitro benzene ring substituents is 1. The Morgan fingerprint density at radius 1 is 0.909 bits per heavy atom. The van der Waals surface area contributed by atoms with Crippen molar-refractivity contribution in [2.24, 2.45) is 0 Å². The van der Waals surface area contributed by atoms with Crippen LogP contribution in [0.1, 0.15) is 0 Å². The molecule has 0 saturated carbocycles. The largest absolute Gasteiger partial charge is 0.376 e. The number of hydrogen-bond acceptors (Lipinski definition) is 6. The highest BCUT2D eigenvalue weighted by Gasteiger charge is 2.19. The predicted octanol–water partition coefficient (Wildman–Crippen LogP) is 1.84. The molecule has 0 aliphatic heterocycles. The molecule has 0 unspecified atom stereocenters. The number of anilines is 2. The molecule has 1 aromatic carbocycles. The van der Waals surface area contributed by atoms with Crippen molar-refractivity contribution < 1.29 is 14.8 Å². The quantitative estimate of drug-likeness (QED) is 0.457. The van der Waals surface area contributed by atoms with Crippen LogP contribution in [0.2, 0.25) is 0 Å². The van der Waals surface area contributed by atoms with Gasteiger partial charge in [-0.25, -0.2) is 4.98 Å². The van der Waals surface area contributed by atoms with Gasteiger partial charge in [-0.15, -0.1) is 0 Å². The lowest BCUT2D eigenvalue weighted by Gasteiger charge is -2.05. The average molecular weight is 304 g/mol. The zero-order valence-electron chi connectivity index (χ0n) is 11.5. The number of benzene rings is 1. The summed E-state index contributed by atoms with van der Waals surface area (Å²) in [5.74, 6) is 0.289. The van der Waals surface area contributed by atoms with Crippen LogP contribution in [0, 0.1) is 20.2 Å². The molecule has 2 aromatic rings. The van der Waals surface area contributed by atoms with E-state index >= 15 is 0 Å². The number of aromatic nitrogens is 1. The second-order valence-electron chi connectivity index (χ2n) is 4.32. The number of rotatable bonds is 7. The normalized spacial score (nSPS) is 10.0. The van der Waals surface area contributed by atoms with Crippen molar-refractivity contribution in [2.75, 3.05) is 23.7 Å². The lowest BCUT2D eigenvalue weighted by Crippen LogP contribution is -2.20. The Morgan fingerprint density at radius 3 is 2.27 bits per heavy atom. The molecule has 0 aliphatic carbocycles. The monoisotopic (exact) mass is 304 g/mol. The van der Waals surface area contributed by atoms with Crippen LogP contribution in [0.3, 0.4) is 0 Å². The summed E-state index contributed by atoms with van der Waals surface area (Å²) >= 11 is 0. The lowest BCUT2D eigenvalue weighted by molar-refractivity contribution is -0.409. The molecule has 0 radical (unpaired) electrons. The van der Waals surface area contributed by atoms with Gasteiger partial charge in [0.2, 0.25) is 0 Å².